The van der Waals surface area contributed by atoms with E-state index in [1.54, 1.807) is 0 Å². The van der Waals surface area contributed by atoms with Gasteiger partial charge in [-0.1, -0.05) is 27.2 Å². The molecule has 1 N–H and O–H groups in total. The molecule has 1 saturated heterocycles. The fourth-order valence-electron chi connectivity index (χ4n) is 2.50. The number of carbonyl (C=O) groups is 1. The van der Waals surface area contributed by atoms with Gasteiger partial charge in [0.15, 0.2) is 0 Å². The lowest BCUT2D eigenvalue weighted by Crippen LogP contribution is -2.48. The van der Waals surface area contributed by atoms with Crippen molar-refractivity contribution in [2.45, 2.75) is 40.0 Å². The van der Waals surface area contributed by atoms with Gasteiger partial charge in [0.2, 0.25) is 0 Å². The van der Waals surface area contributed by atoms with Gasteiger partial charge in [0.05, 0.1) is 5.92 Å². The summed E-state index contributed by atoms with van der Waals surface area (Å²) >= 11 is 0. The van der Waals surface area contributed by atoms with Crippen LogP contribution in [0.3, 0.4) is 0 Å². The van der Waals surface area contributed by atoms with Crippen molar-refractivity contribution in [3.8, 4) is 0 Å². The Hall–Kier alpha value is -0.570. The highest BCUT2D eigenvalue weighted by molar-refractivity contribution is 5.71. The Bertz CT molecular complexity index is 226. The molecule has 0 bridgehead atoms. The van der Waals surface area contributed by atoms with Gasteiger partial charge in [-0.15, -0.1) is 0 Å². The second kappa shape index (κ2) is 4.97. The summed E-state index contributed by atoms with van der Waals surface area (Å²) < 4.78 is 0. The number of aliphatic carboxylic acids is 1. The summed E-state index contributed by atoms with van der Waals surface area (Å²) in [6, 6.07) is 0. The van der Waals surface area contributed by atoms with E-state index in [-0.39, 0.29) is 11.3 Å². The molecule has 1 atom stereocenters. The van der Waals surface area contributed by atoms with E-state index < -0.39 is 5.97 Å². The molecule has 1 aliphatic rings. The van der Waals surface area contributed by atoms with Gasteiger partial charge in [-0.2, -0.15) is 0 Å². The molecule has 1 rings (SSSR count). The minimum atomic E-state index is -0.629. The van der Waals surface area contributed by atoms with Crippen molar-refractivity contribution in [2.24, 2.45) is 11.3 Å². The van der Waals surface area contributed by atoms with Gasteiger partial charge >= 0.3 is 5.97 Å². The summed E-state index contributed by atoms with van der Waals surface area (Å²) in [6.45, 7) is 9.32. The first-order valence-electron chi connectivity index (χ1n) is 5.92. The number of hydrogen-bond donors (Lipinski definition) is 1. The van der Waals surface area contributed by atoms with Crippen LogP contribution < -0.4 is 0 Å². The fourth-order valence-corrected chi connectivity index (χ4v) is 2.50. The third kappa shape index (κ3) is 3.20. The average Bonchev–Trinajstić information content (AvgIpc) is 2.12. The van der Waals surface area contributed by atoms with Crippen molar-refractivity contribution >= 4 is 5.97 Å². The van der Waals surface area contributed by atoms with E-state index in [0.717, 1.165) is 26.1 Å². The quantitative estimate of drug-likeness (QED) is 0.778. The molecular weight excluding hydrogens is 190 g/mol. The Morgan fingerprint density at radius 1 is 1.53 bits per heavy atom. The van der Waals surface area contributed by atoms with Crippen LogP contribution in [0.2, 0.25) is 0 Å². The minimum Gasteiger partial charge on any atom is -0.481 e. The molecule has 1 fully saturated rings. The molecule has 3 heteroatoms. The van der Waals surface area contributed by atoms with Crippen molar-refractivity contribution in [1.82, 2.24) is 4.90 Å². The van der Waals surface area contributed by atoms with Gasteiger partial charge in [0, 0.05) is 6.54 Å². The summed E-state index contributed by atoms with van der Waals surface area (Å²) in [5.74, 6) is -0.800. The van der Waals surface area contributed by atoms with Crippen molar-refractivity contribution in [3.63, 3.8) is 0 Å². The largest absolute Gasteiger partial charge is 0.481 e. The molecule has 88 valence electrons. The Morgan fingerprint density at radius 2 is 2.20 bits per heavy atom. The maximum absolute atomic E-state index is 11.1. The highest BCUT2D eigenvalue weighted by atomic mass is 16.4. The second-order valence-electron chi connectivity index (χ2n) is 5.30. The molecule has 0 spiro atoms. The smallest absolute Gasteiger partial charge is 0.307 e. The number of rotatable bonds is 4. The normalized spacial score (nSPS) is 26.5. The summed E-state index contributed by atoms with van der Waals surface area (Å²) in [7, 11) is 0. The zero-order chi connectivity index (χ0) is 11.5. The Labute approximate surface area is 92.5 Å². The topological polar surface area (TPSA) is 40.5 Å². The van der Waals surface area contributed by atoms with Gasteiger partial charge in [0.1, 0.15) is 0 Å². The molecule has 15 heavy (non-hydrogen) atoms. The van der Waals surface area contributed by atoms with E-state index in [1.807, 2.05) is 0 Å². The zero-order valence-corrected chi connectivity index (χ0v) is 10.1. The van der Waals surface area contributed by atoms with Crippen molar-refractivity contribution < 1.29 is 9.90 Å². The van der Waals surface area contributed by atoms with E-state index in [4.69, 9.17) is 5.11 Å². The molecule has 0 aromatic heterocycles. The first-order chi connectivity index (χ1) is 6.97. The van der Waals surface area contributed by atoms with E-state index in [9.17, 15) is 4.79 Å². The van der Waals surface area contributed by atoms with Crippen LogP contribution >= 0.6 is 0 Å². The number of piperidine rings is 1. The van der Waals surface area contributed by atoms with E-state index in [0.29, 0.717) is 0 Å². The Balaban J connectivity index is 2.52. The van der Waals surface area contributed by atoms with Crippen LogP contribution in [0.1, 0.15) is 40.0 Å². The highest BCUT2D eigenvalue weighted by Gasteiger charge is 2.39. The molecule has 0 aliphatic carbocycles. The second-order valence-corrected chi connectivity index (χ2v) is 5.30. The van der Waals surface area contributed by atoms with Gasteiger partial charge < -0.3 is 10.0 Å². The first-order valence-corrected chi connectivity index (χ1v) is 5.92. The van der Waals surface area contributed by atoms with Crippen LogP contribution in [0, 0.1) is 11.3 Å². The number of carboxylic acids is 1. The van der Waals surface area contributed by atoms with Crippen LogP contribution in [-0.2, 0) is 4.79 Å². The lowest BCUT2D eigenvalue weighted by atomic mass is 9.74. The number of carboxylic acid groups (broad SMARTS) is 1. The Morgan fingerprint density at radius 3 is 2.67 bits per heavy atom. The van der Waals surface area contributed by atoms with E-state index in [1.165, 1.54) is 12.8 Å². The molecule has 0 radical (unpaired) electrons. The SMILES string of the molecule is CCCCN1CCC(C(=O)O)C(C)(C)C1. The maximum Gasteiger partial charge on any atom is 0.307 e. The van der Waals surface area contributed by atoms with E-state index >= 15 is 0 Å². The summed E-state index contributed by atoms with van der Waals surface area (Å²) in [4.78, 5) is 13.5. The molecule has 1 heterocycles. The predicted molar refractivity (Wildman–Crippen MR) is 60.9 cm³/mol. The lowest BCUT2D eigenvalue weighted by molar-refractivity contribution is -0.149. The van der Waals surface area contributed by atoms with Crippen molar-refractivity contribution in [1.29, 1.82) is 0 Å². The minimum absolute atomic E-state index is 0.0855. The van der Waals surface area contributed by atoms with Gasteiger partial charge in [-0.3, -0.25) is 4.79 Å². The zero-order valence-electron chi connectivity index (χ0n) is 10.1. The molecule has 0 amide bonds. The van der Waals surface area contributed by atoms with Crippen LogP contribution in [0.5, 0.6) is 0 Å². The summed E-state index contributed by atoms with van der Waals surface area (Å²) in [5.41, 5.74) is -0.0855. The van der Waals surface area contributed by atoms with E-state index in [2.05, 4.69) is 25.7 Å². The molecule has 0 aromatic rings. The molecule has 1 unspecified atom stereocenters. The summed E-state index contributed by atoms with van der Waals surface area (Å²) in [6.07, 6.45) is 3.22. The van der Waals surface area contributed by atoms with Crippen molar-refractivity contribution in [3.05, 3.63) is 0 Å². The first kappa shape index (κ1) is 12.5. The maximum atomic E-state index is 11.1. The standard InChI is InChI=1S/C12H23NO2/c1-4-5-7-13-8-6-10(11(14)15)12(2,3)9-13/h10H,4-9H2,1-3H3,(H,14,15). The van der Waals surface area contributed by atoms with Crippen LogP contribution in [-0.4, -0.2) is 35.6 Å². The monoisotopic (exact) mass is 213 g/mol. The Kier molecular flexibility index (Phi) is 4.14. The highest BCUT2D eigenvalue weighted by Crippen LogP contribution is 2.34. The number of likely N-dealkylation sites (tertiary alicyclic amines) is 1. The van der Waals surface area contributed by atoms with Gasteiger partial charge in [-0.05, 0) is 31.3 Å². The molecule has 3 nitrogen and oxygen atoms in total. The number of unbranched alkanes of at least 4 members (excludes halogenated alkanes) is 1. The van der Waals surface area contributed by atoms with Gasteiger partial charge in [-0.25, -0.2) is 0 Å². The third-order valence-electron chi connectivity index (χ3n) is 3.43. The molecular formula is C12H23NO2. The summed E-state index contributed by atoms with van der Waals surface area (Å²) in [5, 5.41) is 9.12. The number of nitrogens with zero attached hydrogens (tertiary/aromatic N) is 1. The van der Waals surface area contributed by atoms with Crippen LogP contribution in [0.25, 0.3) is 0 Å². The lowest BCUT2D eigenvalue weighted by Gasteiger charge is -2.42. The fraction of sp³-hybridized carbons (Fsp3) is 0.917. The average molecular weight is 213 g/mol. The van der Waals surface area contributed by atoms with Crippen molar-refractivity contribution in [2.75, 3.05) is 19.6 Å². The third-order valence-corrected chi connectivity index (χ3v) is 3.43. The predicted octanol–water partition coefficient (Wildman–Crippen LogP) is 2.22. The van der Waals surface area contributed by atoms with Crippen LogP contribution in [0.4, 0.5) is 0 Å². The van der Waals surface area contributed by atoms with Gasteiger partial charge in [0.25, 0.3) is 0 Å². The molecule has 0 aromatic carbocycles. The molecule has 1 aliphatic heterocycles. The molecule has 0 saturated carbocycles. The van der Waals surface area contributed by atoms with Crippen LogP contribution in [0.15, 0.2) is 0 Å². The number of hydrogen-bond acceptors (Lipinski definition) is 2.